The van der Waals surface area contributed by atoms with Crippen LogP contribution < -0.4 is 10.6 Å². The maximum Gasteiger partial charge on any atom is 0.285 e. The number of anilines is 1. The van der Waals surface area contributed by atoms with E-state index < -0.39 is 33.6 Å². The summed E-state index contributed by atoms with van der Waals surface area (Å²) in [5, 5.41) is 4.62. The first-order valence-corrected chi connectivity index (χ1v) is 7.79. The molecular weight excluding hydrogens is 417 g/mol. The molecule has 0 aromatic heterocycles. The Hall–Kier alpha value is -2.30. The van der Waals surface area contributed by atoms with E-state index in [1.165, 1.54) is 34.7 Å². The zero-order valence-electron chi connectivity index (χ0n) is 11.6. The van der Waals surface area contributed by atoms with Gasteiger partial charge in [0.1, 0.15) is 6.04 Å². The minimum atomic E-state index is -1.02. The van der Waals surface area contributed by atoms with Crippen LogP contribution in [0.5, 0.6) is 0 Å². The first kappa shape index (κ1) is 15.6. The van der Waals surface area contributed by atoms with Crippen molar-refractivity contribution in [3.05, 3.63) is 29.3 Å². The lowest BCUT2D eigenvalue weighted by molar-refractivity contribution is -0.136. The van der Waals surface area contributed by atoms with Gasteiger partial charge < -0.3 is 5.32 Å². The highest BCUT2D eigenvalue weighted by atomic mass is 127. The van der Waals surface area contributed by atoms with Gasteiger partial charge in [-0.15, -0.1) is 0 Å². The number of carbonyl (C=O) groups excluding carboxylic acids is 5. The number of hydrogen-bond acceptors (Lipinski definition) is 5. The molecular formula is C14H10IN3O5. The van der Waals surface area contributed by atoms with Gasteiger partial charge in [0.2, 0.25) is 11.8 Å². The van der Waals surface area contributed by atoms with E-state index >= 15 is 0 Å². The fourth-order valence-corrected chi connectivity index (χ4v) is 3.02. The normalized spacial score (nSPS) is 20.4. The lowest BCUT2D eigenvalue weighted by Crippen LogP contribution is -2.54. The van der Waals surface area contributed by atoms with Crippen molar-refractivity contribution in [1.29, 1.82) is 0 Å². The summed E-state index contributed by atoms with van der Waals surface area (Å²) in [4.78, 5) is 60.4. The highest BCUT2D eigenvalue weighted by Crippen LogP contribution is 2.32. The van der Waals surface area contributed by atoms with Crippen molar-refractivity contribution in [3.63, 3.8) is 0 Å². The molecule has 2 heterocycles. The minimum absolute atomic E-state index is 0.0567. The van der Waals surface area contributed by atoms with Gasteiger partial charge in [0, 0.05) is 29.0 Å². The number of amides is 5. The van der Waals surface area contributed by atoms with Gasteiger partial charge in [-0.2, -0.15) is 0 Å². The highest BCUT2D eigenvalue weighted by molar-refractivity contribution is 14.1. The molecule has 9 heteroatoms. The average molecular weight is 427 g/mol. The molecule has 2 aliphatic rings. The zero-order chi connectivity index (χ0) is 16.7. The molecule has 1 saturated heterocycles. The van der Waals surface area contributed by atoms with Crippen molar-refractivity contribution in [2.45, 2.75) is 18.9 Å². The number of fused-ring (bicyclic) bond motifs is 1. The van der Waals surface area contributed by atoms with Crippen LogP contribution in [0, 0.1) is 0 Å². The van der Waals surface area contributed by atoms with Crippen LogP contribution >= 0.6 is 22.6 Å². The Labute approximate surface area is 143 Å². The Morgan fingerprint density at radius 3 is 2.61 bits per heavy atom. The number of hydrogen-bond donors (Lipinski definition) is 2. The summed E-state index contributed by atoms with van der Waals surface area (Å²) in [6, 6.07) is 3.49. The van der Waals surface area contributed by atoms with Gasteiger partial charge in [-0.25, -0.2) is 0 Å². The van der Waals surface area contributed by atoms with E-state index in [1.54, 1.807) is 6.07 Å². The smallest absolute Gasteiger partial charge is 0.285 e. The second-order valence-corrected chi connectivity index (χ2v) is 6.05. The first-order valence-electron chi connectivity index (χ1n) is 6.71. The van der Waals surface area contributed by atoms with Gasteiger partial charge in [0.15, 0.2) is 0 Å². The van der Waals surface area contributed by atoms with Crippen molar-refractivity contribution in [3.8, 4) is 0 Å². The minimum Gasteiger partial charge on any atom is -0.317 e. The summed E-state index contributed by atoms with van der Waals surface area (Å²) in [6.07, 6.45) is 0.144. The third-order valence-corrected chi connectivity index (χ3v) is 3.97. The number of carbonyl (C=O) groups is 5. The number of piperidine rings is 1. The maximum absolute atomic E-state index is 12.6. The molecule has 0 bridgehead atoms. The summed E-state index contributed by atoms with van der Waals surface area (Å²) < 4.78 is -0.407. The number of halogens is 1. The molecule has 3 rings (SSSR count). The van der Waals surface area contributed by atoms with E-state index in [1.807, 2.05) is 0 Å². The molecule has 0 saturated carbocycles. The third-order valence-electron chi connectivity index (χ3n) is 3.70. The second kappa shape index (κ2) is 5.72. The molecule has 23 heavy (non-hydrogen) atoms. The monoisotopic (exact) mass is 427 g/mol. The van der Waals surface area contributed by atoms with E-state index in [2.05, 4.69) is 10.6 Å². The van der Waals surface area contributed by atoms with Crippen molar-refractivity contribution in [2.75, 3.05) is 5.32 Å². The van der Waals surface area contributed by atoms with Crippen LogP contribution in [-0.2, 0) is 9.59 Å². The molecule has 1 atom stereocenters. The molecule has 1 fully saturated rings. The molecule has 8 nitrogen and oxygen atoms in total. The lowest BCUT2D eigenvalue weighted by Gasteiger charge is -2.27. The SMILES string of the molecule is O=C(I)Nc1cccc2c1C(=O)N(C1CCC(=O)NC1=O)C2=O. The number of nitrogens with zero attached hydrogens (tertiary/aromatic N) is 1. The molecule has 2 N–H and O–H groups in total. The molecule has 0 radical (unpaired) electrons. The van der Waals surface area contributed by atoms with Crippen LogP contribution in [0.15, 0.2) is 18.2 Å². The predicted molar refractivity (Wildman–Crippen MR) is 86.2 cm³/mol. The number of rotatable bonds is 2. The lowest BCUT2D eigenvalue weighted by atomic mass is 10.0. The number of imide groups is 2. The molecule has 2 aliphatic heterocycles. The summed E-state index contributed by atoms with van der Waals surface area (Å²) >= 11 is 1.52. The molecule has 5 amide bonds. The fourth-order valence-electron chi connectivity index (χ4n) is 2.72. The molecule has 1 aromatic carbocycles. The Bertz CT molecular complexity index is 776. The number of nitrogens with one attached hydrogen (secondary N) is 2. The topological polar surface area (TPSA) is 113 Å². The molecule has 118 valence electrons. The van der Waals surface area contributed by atoms with Crippen molar-refractivity contribution < 1.29 is 24.0 Å². The van der Waals surface area contributed by atoms with Gasteiger partial charge in [-0.1, -0.05) is 6.07 Å². The Kier molecular flexibility index (Phi) is 3.88. The van der Waals surface area contributed by atoms with E-state index in [9.17, 15) is 24.0 Å². The third kappa shape index (κ3) is 2.60. The van der Waals surface area contributed by atoms with E-state index in [0.29, 0.717) is 0 Å². The number of benzene rings is 1. The van der Waals surface area contributed by atoms with Crippen molar-refractivity contribution >= 4 is 55.8 Å². The van der Waals surface area contributed by atoms with Crippen molar-refractivity contribution in [1.82, 2.24) is 10.2 Å². The Balaban J connectivity index is 1.99. The fraction of sp³-hybridized carbons (Fsp3) is 0.214. The van der Waals surface area contributed by atoms with Crippen LogP contribution in [0.4, 0.5) is 10.5 Å². The van der Waals surface area contributed by atoms with E-state index in [-0.39, 0.29) is 29.7 Å². The quantitative estimate of drug-likeness (QED) is 0.317. The molecule has 1 aromatic rings. The summed E-state index contributed by atoms with van der Waals surface area (Å²) in [7, 11) is 0. The van der Waals surface area contributed by atoms with E-state index in [0.717, 1.165) is 4.90 Å². The molecule has 1 unspecified atom stereocenters. The van der Waals surface area contributed by atoms with Crippen LogP contribution in [-0.4, -0.2) is 38.5 Å². The van der Waals surface area contributed by atoms with Crippen LogP contribution in [0.25, 0.3) is 0 Å². The summed E-state index contributed by atoms with van der Waals surface area (Å²) in [5.41, 5.74) is 0.407. The first-order chi connectivity index (χ1) is 10.9. The van der Waals surface area contributed by atoms with Crippen molar-refractivity contribution in [2.24, 2.45) is 0 Å². The predicted octanol–water partition coefficient (Wildman–Crippen LogP) is 1.05. The Morgan fingerprint density at radius 2 is 1.96 bits per heavy atom. The zero-order valence-corrected chi connectivity index (χ0v) is 13.7. The largest absolute Gasteiger partial charge is 0.317 e. The summed E-state index contributed by atoms with van der Waals surface area (Å²) in [5.74, 6) is -2.36. The van der Waals surface area contributed by atoms with E-state index in [4.69, 9.17) is 0 Å². The van der Waals surface area contributed by atoms with Crippen LogP contribution in [0.2, 0.25) is 0 Å². The maximum atomic E-state index is 12.6. The summed E-state index contributed by atoms with van der Waals surface area (Å²) in [6.45, 7) is 0. The van der Waals surface area contributed by atoms with Crippen LogP contribution in [0.3, 0.4) is 0 Å². The van der Waals surface area contributed by atoms with Gasteiger partial charge in [0.05, 0.1) is 16.8 Å². The molecule has 0 aliphatic carbocycles. The Morgan fingerprint density at radius 1 is 1.22 bits per heavy atom. The highest BCUT2D eigenvalue weighted by Gasteiger charge is 2.45. The standard InChI is InChI=1S/C14H10IN3O5/c15-14(23)16-7-3-1-2-6-10(7)13(22)18(12(6)21)8-4-5-9(19)17-11(8)20/h1-3,8H,4-5H2,(H,16,23)(H,17,19,20). The van der Waals surface area contributed by atoms with Gasteiger partial charge in [0.25, 0.3) is 15.7 Å². The van der Waals surface area contributed by atoms with Gasteiger partial charge in [-0.3, -0.25) is 34.2 Å². The van der Waals surface area contributed by atoms with Gasteiger partial charge in [-0.05, 0) is 18.6 Å². The second-order valence-electron chi connectivity index (χ2n) is 5.07. The van der Waals surface area contributed by atoms with Crippen LogP contribution in [0.1, 0.15) is 33.6 Å². The average Bonchev–Trinajstić information content (AvgIpc) is 2.72. The van der Waals surface area contributed by atoms with Gasteiger partial charge >= 0.3 is 0 Å². The molecule has 0 spiro atoms.